The Labute approximate surface area is 146 Å². The molecule has 0 aliphatic carbocycles. The number of carboxylic acids is 1. The van der Waals surface area contributed by atoms with E-state index in [1.807, 2.05) is 4.90 Å². The Balaban J connectivity index is 0.00000264. The number of amides is 1. The lowest BCUT2D eigenvalue weighted by atomic mass is 10.1. The van der Waals surface area contributed by atoms with Crippen LogP contribution in [0.5, 0.6) is 5.75 Å². The molecule has 1 unspecified atom stereocenters. The van der Waals surface area contributed by atoms with Crippen molar-refractivity contribution in [3.8, 4) is 5.75 Å². The fourth-order valence-corrected chi connectivity index (χ4v) is 2.53. The molecule has 0 aromatic heterocycles. The maximum absolute atomic E-state index is 11.8. The highest BCUT2D eigenvalue weighted by molar-refractivity contribution is 6.30. The van der Waals surface area contributed by atoms with Gasteiger partial charge in [-0.15, -0.1) is 12.4 Å². The minimum atomic E-state index is -0.794. The molecule has 1 aromatic rings. The number of aliphatic carboxylic acids is 1. The zero-order valence-corrected chi connectivity index (χ0v) is 14.1. The second kappa shape index (κ2) is 9.60. The summed E-state index contributed by atoms with van der Waals surface area (Å²) in [6.07, 6.45) is 0.598. The summed E-state index contributed by atoms with van der Waals surface area (Å²) in [4.78, 5) is 24.5. The number of benzene rings is 1. The SMILES string of the molecule is Cl.O=C(CN1CCC(C(=O)O)C1)NCCOc1cccc(Cl)c1. The summed E-state index contributed by atoms with van der Waals surface area (Å²) in [5, 5.41) is 12.3. The summed E-state index contributed by atoms with van der Waals surface area (Å²) in [5.41, 5.74) is 0. The standard InChI is InChI=1S/C15H19ClN2O4.ClH/c16-12-2-1-3-13(8-12)22-7-5-17-14(19)10-18-6-4-11(9-18)15(20)21;/h1-3,8,11H,4-7,9-10H2,(H,17,19)(H,20,21);1H. The Morgan fingerprint density at radius 2 is 2.22 bits per heavy atom. The van der Waals surface area contributed by atoms with E-state index >= 15 is 0 Å². The highest BCUT2D eigenvalue weighted by Crippen LogP contribution is 2.17. The van der Waals surface area contributed by atoms with Crippen LogP contribution in [0.25, 0.3) is 0 Å². The Morgan fingerprint density at radius 1 is 1.43 bits per heavy atom. The zero-order chi connectivity index (χ0) is 15.9. The quantitative estimate of drug-likeness (QED) is 0.721. The Morgan fingerprint density at radius 3 is 2.87 bits per heavy atom. The third-order valence-electron chi connectivity index (χ3n) is 3.48. The maximum atomic E-state index is 11.8. The summed E-state index contributed by atoms with van der Waals surface area (Å²) in [7, 11) is 0. The van der Waals surface area contributed by atoms with Crippen LogP contribution in [0, 0.1) is 5.92 Å². The van der Waals surface area contributed by atoms with Crippen molar-refractivity contribution in [3.63, 3.8) is 0 Å². The second-order valence-corrected chi connectivity index (χ2v) is 5.65. The predicted molar refractivity (Wildman–Crippen MR) is 89.4 cm³/mol. The first-order chi connectivity index (χ1) is 10.5. The van der Waals surface area contributed by atoms with Crippen molar-refractivity contribution in [2.45, 2.75) is 6.42 Å². The number of hydrogen-bond donors (Lipinski definition) is 2. The molecule has 1 fully saturated rings. The van der Waals surface area contributed by atoms with Gasteiger partial charge in [-0.25, -0.2) is 0 Å². The predicted octanol–water partition coefficient (Wildman–Crippen LogP) is 1.66. The first-order valence-corrected chi connectivity index (χ1v) is 7.52. The first kappa shape index (κ1) is 19.5. The van der Waals surface area contributed by atoms with Crippen LogP contribution in [-0.2, 0) is 9.59 Å². The van der Waals surface area contributed by atoms with Gasteiger partial charge in [0, 0.05) is 11.6 Å². The van der Waals surface area contributed by atoms with E-state index in [0.29, 0.717) is 43.4 Å². The van der Waals surface area contributed by atoms with Crippen LogP contribution in [0.2, 0.25) is 5.02 Å². The summed E-state index contributed by atoms with van der Waals surface area (Å²) >= 11 is 5.84. The minimum Gasteiger partial charge on any atom is -0.492 e. The lowest BCUT2D eigenvalue weighted by Gasteiger charge is -2.15. The number of carbonyl (C=O) groups excluding carboxylic acids is 1. The molecule has 1 aliphatic rings. The highest BCUT2D eigenvalue weighted by Gasteiger charge is 2.28. The molecule has 23 heavy (non-hydrogen) atoms. The van der Waals surface area contributed by atoms with Crippen molar-refractivity contribution in [3.05, 3.63) is 29.3 Å². The van der Waals surface area contributed by atoms with Gasteiger partial charge in [0.25, 0.3) is 0 Å². The number of likely N-dealkylation sites (tertiary alicyclic amines) is 1. The molecule has 1 heterocycles. The normalized spacial score (nSPS) is 17.3. The summed E-state index contributed by atoms with van der Waals surface area (Å²) < 4.78 is 5.47. The van der Waals surface area contributed by atoms with Gasteiger partial charge in [0.2, 0.25) is 5.91 Å². The number of ether oxygens (including phenoxy) is 1. The molecule has 1 saturated heterocycles. The topological polar surface area (TPSA) is 78.9 Å². The van der Waals surface area contributed by atoms with Crippen molar-refractivity contribution in [1.82, 2.24) is 10.2 Å². The summed E-state index contributed by atoms with van der Waals surface area (Å²) in [5.74, 6) is -0.622. The molecule has 1 aliphatic heterocycles. The van der Waals surface area contributed by atoms with Crippen LogP contribution in [0.4, 0.5) is 0 Å². The van der Waals surface area contributed by atoms with Crippen molar-refractivity contribution < 1.29 is 19.4 Å². The Bertz CT molecular complexity index is 542. The summed E-state index contributed by atoms with van der Waals surface area (Å²) in [6, 6.07) is 7.06. The third-order valence-corrected chi connectivity index (χ3v) is 3.71. The van der Waals surface area contributed by atoms with E-state index in [9.17, 15) is 9.59 Å². The first-order valence-electron chi connectivity index (χ1n) is 7.15. The lowest BCUT2D eigenvalue weighted by molar-refractivity contribution is -0.141. The largest absolute Gasteiger partial charge is 0.492 e. The number of hydrogen-bond acceptors (Lipinski definition) is 4. The van der Waals surface area contributed by atoms with Gasteiger partial charge in [-0.05, 0) is 31.2 Å². The van der Waals surface area contributed by atoms with E-state index < -0.39 is 5.97 Å². The number of halogens is 2. The molecule has 2 rings (SSSR count). The van der Waals surface area contributed by atoms with E-state index in [-0.39, 0.29) is 30.8 Å². The van der Waals surface area contributed by atoms with Crippen LogP contribution in [0.3, 0.4) is 0 Å². The molecule has 1 aromatic carbocycles. The van der Waals surface area contributed by atoms with Crippen molar-refractivity contribution >= 4 is 35.9 Å². The average molecular weight is 363 g/mol. The van der Waals surface area contributed by atoms with E-state index in [2.05, 4.69) is 5.32 Å². The van der Waals surface area contributed by atoms with Gasteiger partial charge < -0.3 is 15.2 Å². The van der Waals surface area contributed by atoms with E-state index in [1.54, 1.807) is 24.3 Å². The number of carbonyl (C=O) groups is 2. The minimum absolute atomic E-state index is 0. The smallest absolute Gasteiger partial charge is 0.307 e. The fraction of sp³-hybridized carbons (Fsp3) is 0.467. The molecular weight excluding hydrogens is 343 g/mol. The van der Waals surface area contributed by atoms with Crippen molar-refractivity contribution in [2.24, 2.45) is 5.92 Å². The second-order valence-electron chi connectivity index (χ2n) is 5.21. The van der Waals surface area contributed by atoms with E-state index in [4.69, 9.17) is 21.4 Å². The molecule has 1 amide bonds. The fourth-order valence-electron chi connectivity index (χ4n) is 2.35. The zero-order valence-electron chi connectivity index (χ0n) is 12.5. The van der Waals surface area contributed by atoms with Gasteiger partial charge in [-0.1, -0.05) is 17.7 Å². The van der Waals surface area contributed by atoms with Crippen LogP contribution >= 0.6 is 24.0 Å². The van der Waals surface area contributed by atoms with Crippen molar-refractivity contribution in [2.75, 3.05) is 32.8 Å². The van der Waals surface area contributed by atoms with E-state index in [1.165, 1.54) is 0 Å². The molecule has 0 radical (unpaired) electrons. The molecule has 0 bridgehead atoms. The Kier molecular flexibility index (Phi) is 8.16. The molecule has 2 N–H and O–H groups in total. The molecule has 1 atom stereocenters. The summed E-state index contributed by atoms with van der Waals surface area (Å²) in [6.45, 7) is 2.04. The number of carboxylic acid groups (broad SMARTS) is 1. The van der Waals surface area contributed by atoms with Gasteiger partial charge >= 0.3 is 5.97 Å². The van der Waals surface area contributed by atoms with Crippen LogP contribution in [0.1, 0.15) is 6.42 Å². The number of rotatable bonds is 7. The van der Waals surface area contributed by atoms with Gasteiger partial charge in [0.1, 0.15) is 12.4 Å². The third kappa shape index (κ3) is 6.64. The molecule has 0 spiro atoms. The average Bonchev–Trinajstić information content (AvgIpc) is 2.92. The highest BCUT2D eigenvalue weighted by atomic mass is 35.5. The van der Waals surface area contributed by atoms with Gasteiger partial charge in [0.05, 0.1) is 19.0 Å². The van der Waals surface area contributed by atoms with Crippen LogP contribution < -0.4 is 10.1 Å². The molecule has 128 valence electrons. The maximum Gasteiger partial charge on any atom is 0.307 e. The van der Waals surface area contributed by atoms with Gasteiger partial charge in [-0.3, -0.25) is 14.5 Å². The molecular formula is C15H20Cl2N2O4. The lowest BCUT2D eigenvalue weighted by Crippen LogP contribution is -2.38. The van der Waals surface area contributed by atoms with Gasteiger partial charge in [0.15, 0.2) is 0 Å². The van der Waals surface area contributed by atoms with Gasteiger partial charge in [-0.2, -0.15) is 0 Å². The molecule has 0 saturated carbocycles. The van der Waals surface area contributed by atoms with E-state index in [0.717, 1.165) is 0 Å². The molecule has 8 heteroatoms. The monoisotopic (exact) mass is 362 g/mol. The van der Waals surface area contributed by atoms with Crippen LogP contribution in [0.15, 0.2) is 24.3 Å². The van der Waals surface area contributed by atoms with Crippen LogP contribution in [-0.4, -0.2) is 54.7 Å². The Hall–Kier alpha value is -1.50. The molecule has 6 nitrogen and oxygen atoms in total. The number of nitrogens with one attached hydrogen (secondary N) is 1. The van der Waals surface area contributed by atoms with Crippen molar-refractivity contribution in [1.29, 1.82) is 0 Å². The number of nitrogens with zero attached hydrogens (tertiary/aromatic N) is 1.